The summed E-state index contributed by atoms with van der Waals surface area (Å²) in [6, 6.07) is 15.9. The van der Waals surface area contributed by atoms with Crippen LogP contribution in [0.3, 0.4) is 0 Å². The summed E-state index contributed by atoms with van der Waals surface area (Å²) in [5.41, 5.74) is 2.08. The molecule has 1 fully saturated rings. The molecule has 0 saturated carbocycles. The second kappa shape index (κ2) is 8.49. The number of carbonyl (C=O) groups is 3. The van der Waals surface area contributed by atoms with Gasteiger partial charge >= 0.3 is 5.97 Å². The Hall–Kier alpha value is -3.15. The third-order valence-corrected chi connectivity index (χ3v) is 4.73. The van der Waals surface area contributed by atoms with Crippen LogP contribution in [-0.2, 0) is 16.1 Å². The monoisotopic (exact) mass is 366 g/mol. The van der Waals surface area contributed by atoms with Crippen LogP contribution in [-0.4, -0.2) is 40.9 Å². The zero-order chi connectivity index (χ0) is 19.2. The van der Waals surface area contributed by atoms with Crippen molar-refractivity contribution in [3.8, 4) is 0 Å². The van der Waals surface area contributed by atoms with Crippen molar-refractivity contribution in [2.24, 2.45) is 0 Å². The van der Waals surface area contributed by atoms with E-state index in [4.69, 9.17) is 0 Å². The normalized spacial score (nSPS) is 14.8. The fourth-order valence-corrected chi connectivity index (χ4v) is 3.18. The molecule has 1 atom stereocenters. The molecule has 0 aliphatic carbocycles. The first-order valence-corrected chi connectivity index (χ1v) is 8.97. The smallest absolute Gasteiger partial charge is 0.312 e. The van der Waals surface area contributed by atoms with Crippen LogP contribution in [0.2, 0.25) is 0 Å². The largest absolute Gasteiger partial charge is 0.481 e. The maximum absolute atomic E-state index is 12.3. The molecule has 1 aliphatic heterocycles. The van der Waals surface area contributed by atoms with Gasteiger partial charge in [0.1, 0.15) is 0 Å². The number of carbonyl (C=O) groups excluding carboxylic acids is 2. The summed E-state index contributed by atoms with van der Waals surface area (Å²) in [7, 11) is 0. The second-order valence-electron chi connectivity index (χ2n) is 6.63. The maximum Gasteiger partial charge on any atom is 0.312 e. The van der Waals surface area contributed by atoms with Crippen LogP contribution in [0.25, 0.3) is 0 Å². The van der Waals surface area contributed by atoms with E-state index in [2.05, 4.69) is 5.32 Å². The summed E-state index contributed by atoms with van der Waals surface area (Å²) in [5, 5.41) is 12.1. The lowest BCUT2D eigenvalue weighted by Crippen LogP contribution is -2.31. The van der Waals surface area contributed by atoms with Gasteiger partial charge in [-0.2, -0.15) is 0 Å². The van der Waals surface area contributed by atoms with Gasteiger partial charge in [0.15, 0.2) is 0 Å². The summed E-state index contributed by atoms with van der Waals surface area (Å²) in [6.45, 7) is 1.34. The fourth-order valence-electron chi connectivity index (χ4n) is 3.18. The van der Waals surface area contributed by atoms with Crippen molar-refractivity contribution in [2.75, 3.05) is 13.1 Å². The van der Waals surface area contributed by atoms with Gasteiger partial charge in [-0.15, -0.1) is 0 Å². The first-order valence-electron chi connectivity index (χ1n) is 8.97. The summed E-state index contributed by atoms with van der Waals surface area (Å²) >= 11 is 0. The Bertz CT molecular complexity index is 818. The Morgan fingerprint density at radius 3 is 2.37 bits per heavy atom. The van der Waals surface area contributed by atoms with Crippen LogP contribution in [0.4, 0.5) is 0 Å². The van der Waals surface area contributed by atoms with Crippen LogP contribution in [0.15, 0.2) is 54.6 Å². The van der Waals surface area contributed by atoms with Gasteiger partial charge in [-0.1, -0.05) is 42.5 Å². The topological polar surface area (TPSA) is 86.7 Å². The minimum atomic E-state index is -0.980. The molecule has 1 saturated heterocycles. The molecule has 1 unspecified atom stereocenters. The van der Waals surface area contributed by atoms with Crippen LogP contribution in [0.5, 0.6) is 0 Å². The number of benzene rings is 2. The molecule has 1 heterocycles. The first-order chi connectivity index (χ1) is 13.0. The van der Waals surface area contributed by atoms with Crippen LogP contribution < -0.4 is 5.32 Å². The van der Waals surface area contributed by atoms with Crippen molar-refractivity contribution >= 4 is 17.8 Å². The third-order valence-electron chi connectivity index (χ3n) is 4.73. The fraction of sp³-hybridized carbons (Fsp3) is 0.286. The van der Waals surface area contributed by atoms with E-state index in [1.165, 1.54) is 0 Å². The van der Waals surface area contributed by atoms with Gasteiger partial charge in [0, 0.05) is 31.6 Å². The van der Waals surface area contributed by atoms with E-state index in [-0.39, 0.29) is 18.4 Å². The number of carboxylic acid groups (broad SMARTS) is 1. The van der Waals surface area contributed by atoms with E-state index in [1.54, 1.807) is 36.4 Å². The van der Waals surface area contributed by atoms with Crippen molar-refractivity contribution < 1.29 is 19.5 Å². The van der Waals surface area contributed by atoms with E-state index in [0.29, 0.717) is 24.1 Å². The molecule has 27 heavy (non-hydrogen) atoms. The summed E-state index contributed by atoms with van der Waals surface area (Å²) in [5.74, 6) is -1.93. The lowest BCUT2D eigenvalue weighted by Gasteiger charge is -2.16. The highest BCUT2D eigenvalue weighted by Crippen LogP contribution is 2.16. The SMILES string of the molecule is O=C(NCC(C(=O)O)c1ccccc1)c1ccc(CN2CCCC2=O)cc1. The zero-order valence-electron chi connectivity index (χ0n) is 14.9. The number of likely N-dealkylation sites (tertiary alicyclic amines) is 1. The van der Waals surface area contributed by atoms with Gasteiger partial charge in [-0.25, -0.2) is 0 Å². The average Bonchev–Trinajstić information content (AvgIpc) is 3.07. The standard InChI is InChI=1S/C21H22N2O4/c24-19-7-4-12-23(19)14-15-8-10-17(11-9-15)20(25)22-13-18(21(26)27)16-5-2-1-3-6-16/h1-3,5-6,8-11,18H,4,7,12-14H2,(H,22,25)(H,26,27). The molecule has 0 radical (unpaired) electrons. The zero-order valence-corrected chi connectivity index (χ0v) is 14.9. The average molecular weight is 366 g/mol. The molecule has 140 valence electrons. The van der Waals surface area contributed by atoms with Gasteiger partial charge in [-0.3, -0.25) is 14.4 Å². The number of nitrogens with zero attached hydrogens (tertiary/aromatic N) is 1. The molecular formula is C21H22N2O4. The molecule has 2 aromatic carbocycles. The maximum atomic E-state index is 12.3. The molecule has 2 aromatic rings. The summed E-state index contributed by atoms with van der Waals surface area (Å²) in [4.78, 5) is 37.3. The summed E-state index contributed by atoms with van der Waals surface area (Å²) < 4.78 is 0. The molecule has 0 bridgehead atoms. The lowest BCUT2D eigenvalue weighted by molar-refractivity contribution is -0.138. The van der Waals surface area contributed by atoms with Gasteiger partial charge in [-0.05, 0) is 29.7 Å². The van der Waals surface area contributed by atoms with E-state index in [0.717, 1.165) is 18.5 Å². The van der Waals surface area contributed by atoms with Crippen LogP contribution >= 0.6 is 0 Å². The number of hydrogen-bond acceptors (Lipinski definition) is 3. The van der Waals surface area contributed by atoms with Crippen LogP contribution in [0, 0.1) is 0 Å². The molecule has 2 N–H and O–H groups in total. The quantitative estimate of drug-likeness (QED) is 0.788. The molecule has 3 rings (SSSR count). The van der Waals surface area contributed by atoms with Crippen molar-refractivity contribution in [3.05, 3.63) is 71.3 Å². The predicted octanol–water partition coefficient (Wildman–Crippen LogP) is 2.41. The minimum Gasteiger partial charge on any atom is -0.481 e. The number of aliphatic carboxylic acids is 1. The molecule has 6 nitrogen and oxygen atoms in total. The number of carboxylic acids is 1. The summed E-state index contributed by atoms with van der Waals surface area (Å²) in [6.07, 6.45) is 1.50. The number of rotatable bonds is 7. The Morgan fingerprint density at radius 2 is 1.78 bits per heavy atom. The Balaban J connectivity index is 1.59. The van der Waals surface area contributed by atoms with E-state index < -0.39 is 11.9 Å². The van der Waals surface area contributed by atoms with Gasteiger partial charge in [0.2, 0.25) is 5.91 Å². The van der Waals surface area contributed by atoms with Crippen molar-refractivity contribution in [1.29, 1.82) is 0 Å². The van der Waals surface area contributed by atoms with Gasteiger partial charge in [0.05, 0.1) is 5.92 Å². The number of hydrogen-bond donors (Lipinski definition) is 2. The predicted molar refractivity (Wildman–Crippen MR) is 100 cm³/mol. The lowest BCUT2D eigenvalue weighted by atomic mass is 9.99. The Kier molecular flexibility index (Phi) is 5.86. The van der Waals surface area contributed by atoms with E-state index >= 15 is 0 Å². The highest BCUT2D eigenvalue weighted by atomic mass is 16.4. The second-order valence-corrected chi connectivity index (χ2v) is 6.63. The van der Waals surface area contributed by atoms with Crippen molar-refractivity contribution in [2.45, 2.75) is 25.3 Å². The van der Waals surface area contributed by atoms with Crippen molar-refractivity contribution in [3.63, 3.8) is 0 Å². The van der Waals surface area contributed by atoms with Crippen molar-refractivity contribution in [1.82, 2.24) is 10.2 Å². The Morgan fingerprint density at radius 1 is 1.07 bits per heavy atom. The molecule has 1 aliphatic rings. The Labute approximate surface area is 157 Å². The highest BCUT2D eigenvalue weighted by molar-refractivity contribution is 5.94. The number of amides is 2. The highest BCUT2D eigenvalue weighted by Gasteiger charge is 2.21. The van der Waals surface area contributed by atoms with E-state index in [9.17, 15) is 19.5 Å². The molecule has 2 amide bonds. The number of nitrogens with one attached hydrogen (secondary N) is 1. The van der Waals surface area contributed by atoms with Gasteiger partial charge < -0.3 is 15.3 Å². The molecule has 0 spiro atoms. The molecule has 6 heteroatoms. The minimum absolute atomic E-state index is 0.0161. The molecular weight excluding hydrogens is 344 g/mol. The molecule has 0 aromatic heterocycles. The van der Waals surface area contributed by atoms with Gasteiger partial charge in [0.25, 0.3) is 5.91 Å². The first kappa shape index (κ1) is 18.6. The van der Waals surface area contributed by atoms with Crippen LogP contribution in [0.1, 0.15) is 40.2 Å². The van der Waals surface area contributed by atoms with E-state index in [1.807, 2.05) is 23.1 Å². The third kappa shape index (κ3) is 4.73.